The van der Waals surface area contributed by atoms with Crippen molar-refractivity contribution in [3.8, 4) is 11.3 Å². The van der Waals surface area contributed by atoms with Gasteiger partial charge in [0.25, 0.3) is 5.91 Å². The second kappa shape index (κ2) is 9.36. The molecular weight excluding hydrogens is 408 g/mol. The molecule has 0 unspecified atom stereocenters. The lowest BCUT2D eigenvalue weighted by atomic mass is 10.1. The predicted molar refractivity (Wildman–Crippen MR) is 126 cm³/mol. The van der Waals surface area contributed by atoms with Crippen LogP contribution < -0.4 is 15.8 Å². The van der Waals surface area contributed by atoms with Crippen LogP contribution in [0.3, 0.4) is 0 Å². The maximum absolute atomic E-state index is 12.1. The van der Waals surface area contributed by atoms with Crippen molar-refractivity contribution in [1.82, 2.24) is 15.2 Å². The molecule has 31 heavy (non-hydrogen) atoms. The molecule has 0 aliphatic heterocycles. The number of pyridine rings is 1. The van der Waals surface area contributed by atoms with Gasteiger partial charge in [0.15, 0.2) is 0 Å². The van der Waals surface area contributed by atoms with Crippen molar-refractivity contribution in [3.63, 3.8) is 0 Å². The first-order valence-corrected chi connectivity index (χ1v) is 10.7. The number of aromatic amines is 1. The van der Waals surface area contributed by atoms with E-state index in [1.54, 1.807) is 24.2 Å². The molecule has 0 saturated carbocycles. The maximum Gasteiger partial charge on any atom is 0.254 e. The molecular formula is C23H22N6OS. The SMILES string of the molecule is Cc1ccc(CSNc2ccc(-c3n[nH]c(Nc4ccccn4)c3C(N)=O)cc2)cc1. The summed E-state index contributed by atoms with van der Waals surface area (Å²) in [6.45, 7) is 2.08. The first-order valence-electron chi connectivity index (χ1n) is 9.70. The van der Waals surface area contributed by atoms with Crippen LogP contribution >= 0.6 is 11.9 Å². The van der Waals surface area contributed by atoms with E-state index in [-0.39, 0.29) is 0 Å². The van der Waals surface area contributed by atoms with Crippen LogP contribution in [0.1, 0.15) is 21.5 Å². The van der Waals surface area contributed by atoms with E-state index in [2.05, 4.69) is 56.4 Å². The Morgan fingerprint density at radius 1 is 1.06 bits per heavy atom. The van der Waals surface area contributed by atoms with Crippen LogP contribution in [-0.2, 0) is 5.75 Å². The predicted octanol–water partition coefficient (Wildman–Crippen LogP) is 4.88. The summed E-state index contributed by atoms with van der Waals surface area (Å²) in [5.41, 5.74) is 10.7. The maximum atomic E-state index is 12.1. The number of primary amides is 1. The summed E-state index contributed by atoms with van der Waals surface area (Å²) in [7, 11) is 0. The van der Waals surface area contributed by atoms with Crippen LogP contribution in [0.5, 0.6) is 0 Å². The molecule has 0 aliphatic carbocycles. The van der Waals surface area contributed by atoms with Crippen molar-refractivity contribution in [2.24, 2.45) is 5.73 Å². The number of benzene rings is 2. The first kappa shape index (κ1) is 20.5. The number of aromatic nitrogens is 3. The number of nitrogens with one attached hydrogen (secondary N) is 3. The Balaban J connectivity index is 1.45. The molecule has 0 aliphatic rings. The minimum absolute atomic E-state index is 0.292. The van der Waals surface area contributed by atoms with Gasteiger partial charge in [-0.3, -0.25) is 9.89 Å². The number of hydrogen-bond acceptors (Lipinski definition) is 6. The molecule has 0 saturated heterocycles. The Kier molecular flexibility index (Phi) is 6.18. The van der Waals surface area contributed by atoms with Crippen molar-refractivity contribution in [3.05, 3.63) is 89.6 Å². The van der Waals surface area contributed by atoms with E-state index in [1.165, 1.54) is 11.1 Å². The molecule has 7 nitrogen and oxygen atoms in total. The number of nitrogens with zero attached hydrogens (tertiary/aromatic N) is 2. The molecule has 4 aromatic rings. The Hall–Kier alpha value is -3.78. The third-order valence-corrected chi connectivity index (χ3v) is 5.50. The zero-order chi connectivity index (χ0) is 21.6. The van der Waals surface area contributed by atoms with Gasteiger partial charge in [-0.2, -0.15) is 5.10 Å². The average Bonchev–Trinajstić information content (AvgIpc) is 3.20. The van der Waals surface area contributed by atoms with Crippen LogP contribution in [0.25, 0.3) is 11.3 Å². The van der Waals surface area contributed by atoms with Crippen LogP contribution in [0.2, 0.25) is 0 Å². The molecule has 1 amide bonds. The van der Waals surface area contributed by atoms with Crippen LogP contribution in [0, 0.1) is 6.92 Å². The van der Waals surface area contributed by atoms with Gasteiger partial charge >= 0.3 is 0 Å². The fourth-order valence-corrected chi connectivity index (χ4v) is 3.76. The van der Waals surface area contributed by atoms with Gasteiger partial charge in [0, 0.05) is 23.2 Å². The van der Waals surface area contributed by atoms with Crippen LogP contribution in [0.4, 0.5) is 17.3 Å². The third kappa shape index (κ3) is 5.04. The van der Waals surface area contributed by atoms with Crippen molar-refractivity contribution in [1.29, 1.82) is 0 Å². The van der Waals surface area contributed by atoms with E-state index in [1.807, 2.05) is 36.4 Å². The number of anilines is 3. The molecule has 0 fully saturated rings. The summed E-state index contributed by atoms with van der Waals surface area (Å²) >= 11 is 1.62. The Morgan fingerprint density at radius 3 is 2.52 bits per heavy atom. The number of hydrogen-bond donors (Lipinski definition) is 4. The van der Waals surface area contributed by atoms with E-state index in [4.69, 9.17) is 5.73 Å². The normalized spacial score (nSPS) is 10.6. The highest BCUT2D eigenvalue weighted by atomic mass is 32.2. The second-order valence-electron chi connectivity index (χ2n) is 6.98. The number of rotatable bonds is 8. The van der Waals surface area contributed by atoms with Gasteiger partial charge in [0.1, 0.15) is 22.9 Å². The van der Waals surface area contributed by atoms with E-state index in [0.717, 1.165) is 17.0 Å². The summed E-state index contributed by atoms with van der Waals surface area (Å²) in [5, 5.41) is 10.2. The molecule has 8 heteroatoms. The van der Waals surface area contributed by atoms with Gasteiger partial charge in [-0.15, -0.1) is 0 Å². The summed E-state index contributed by atoms with van der Waals surface area (Å²) in [5.74, 6) is 1.29. The largest absolute Gasteiger partial charge is 0.365 e. The summed E-state index contributed by atoms with van der Waals surface area (Å²) < 4.78 is 3.34. The summed E-state index contributed by atoms with van der Waals surface area (Å²) in [6.07, 6.45) is 1.66. The van der Waals surface area contributed by atoms with Gasteiger partial charge < -0.3 is 15.8 Å². The minimum Gasteiger partial charge on any atom is -0.365 e. The molecule has 0 atom stereocenters. The molecule has 5 N–H and O–H groups in total. The molecule has 2 aromatic carbocycles. The lowest BCUT2D eigenvalue weighted by Crippen LogP contribution is -2.13. The third-order valence-electron chi connectivity index (χ3n) is 4.64. The molecule has 156 valence electrons. The number of aryl methyl sites for hydroxylation is 1. The number of nitrogens with two attached hydrogens (primary N) is 1. The number of carbonyl (C=O) groups is 1. The summed E-state index contributed by atoms with van der Waals surface area (Å²) in [6, 6.07) is 21.6. The van der Waals surface area contributed by atoms with Crippen molar-refractivity contribution < 1.29 is 4.79 Å². The standard InChI is InChI=1S/C23H22N6OS/c1-15-5-7-16(8-6-15)14-31-29-18-11-9-17(10-12-18)21-20(22(24)30)23(28-27-21)26-19-4-2-3-13-25-19/h2-13,29H,14H2,1H3,(H2,24,30)(H2,25,26,27,28). The highest BCUT2D eigenvalue weighted by molar-refractivity contribution is 7.99. The van der Waals surface area contributed by atoms with E-state index in [9.17, 15) is 4.79 Å². The van der Waals surface area contributed by atoms with Crippen molar-refractivity contribution in [2.75, 3.05) is 10.0 Å². The molecule has 0 bridgehead atoms. The number of amides is 1. The lowest BCUT2D eigenvalue weighted by Gasteiger charge is -2.08. The number of carbonyl (C=O) groups excluding carboxylic acids is 1. The van der Waals surface area contributed by atoms with Gasteiger partial charge in [-0.05, 0) is 48.7 Å². The van der Waals surface area contributed by atoms with Crippen molar-refractivity contribution in [2.45, 2.75) is 12.7 Å². The monoisotopic (exact) mass is 430 g/mol. The van der Waals surface area contributed by atoms with Crippen LogP contribution in [-0.4, -0.2) is 21.1 Å². The minimum atomic E-state index is -0.571. The first-order chi connectivity index (χ1) is 15.1. The lowest BCUT2D eigenvalue weighted by molar-refractivity contribution is 0.100. The van der Waals surface area contributed by atoms with Gasteiger partial charge in [0.05, 0.1) is 0 Å². The smallest absolute Gasteiger partial charge is 0.254 e. The molecule has 2 aromatic heterocycles. The van der Waals surface area contributed by atoms with E-state index >= 15 is 0 Å². The zero-order valence-corrected chi connectivity index (χ0v) is 17.7. The highest BCUT2D eigenvalue weighted by Crippen LogP contribution is 2.29. The van der Waals surface area contributed by atoms with Gasteiger partial charge in [-0.25, -0.2) is 4.98 Å². The second-order valence-corrected chi connectivity index (χ2v) is 7.76. The molecule has 4 rings (SSSR count). The molecule has 0 spiro atoms. The quantitative estimate of drug-likeness (QED) is 0.297. The van der Waals surface area contributed by atoms with E-state index in [0.29, 0.717) is 22.9 Å². The zero-order valence-electron chi connectivity index (χ0n) is 16.9. The Bertz CT molecular complexity index is 1160. The fourth-order valence-electron chi connectivity index (χ4n) is 3.03. The van der Waals surface area contributed by atoms with E-state index < -0.39 is 5.91 Å². The van der Waals surface area contributed by atoms with Gasteiger partial charge in [-0.1, -0.05) is 48.0 Å². The van der Waals surface area contributed by atoms with Crippen molar-refractivity contribution >= 4 is 35.2 Å². The van der Waals surface area contributed by atoms with Gasteiger partial charge in [0.2, 0.25) is 0 Å². The fraction of sp³-hybridized carbons (Fsp3) is 0.0870. The Labute approximate surface area is 184 Å². The Morgan fingerprint density at radius 2 is 1.84 bits per heavy atom. The topological polar surface area (TPSA) is 109 Å². The summed E-state index contributed by atoms with van der Waals surface area (Å²) in [4.78, 5) is 16.3. The number of H-pyrrole nitrogens is 1. The average molecular weight is 431 g/mol. The highest BCUT2D eigenvalue weighted by Gasteiger charge is 2.20. The molecule has 0 radical (unpaired) electrons. The molecule has 2 heterocycles. The van der Waals surface area contributed by atoms with Crippen LogP contribution in [0.15, 0.2) is 72.9 Å².